The molecule has 104 valence electrons. The van der Waals surface area contributed by atoms with Gasteiger partial charge in [-0.1, -0.05) is 0 Å². The van der Waals surface area contributed by atoms with E-state index in [1.807, 2.05) is 4.72 Å². The van der Waals surface area contributed by atoms with Crippen LogP contribution >= 0.6 is 0 Å². The minimum Gasteiger partial charge on any atom is -0.375 e. The van der Waals surface area contributed by atoms with E-state index in [-0.39, 0.29) is 17.4 Å². The lowest BCUT2D eigenvalue weighted by molar-refractivity contribution is -0.119. The highest BCUT2D eigenvalue weighted by molar-refractivity contribution is 7.90. The van der Waals surface area contributed by atoms with Gasteiger partial charge < -0.3 is 10.1 Å². The van der Waals surface area contributed by atoms with E-state index < -0.39 is 15.9 Å². The molecule has 0 aliphatic heterocycles. The highest BCUT2D eigenvalue weighted by Gasteiger charge is 2.15. The van der Waals surface area contributed by atoms with Gasteiger partial charge >= 0.3 is 0 Å². The molecule has 0 unspecified atom stereocenters. The highest BCUT2D eigenvalue weighted by Crippen LogP contribution is 2.13. The van der Waals surface area contributed by atoms with Gasteiger partial charge in [0.15, 0.2) is 0 Å². The summed E-state index contributed by atoms with van der Waals surface area (Å²) < 4.78 is 29.8. The van der Waals surface area contributed by atoms with Crippen LogP contribution in [0.3, 0.4) is 0 Å². The summed E-state index contributed by atoms with van der Waals surface area (Å²) in [5, 5.41) is 2.52. The molecule has 19 heavy (non-hydrogen) atoms. The maximum Gasteiger partial charge on any atom is 0.264 e. The molecular weight excluding hydrogens is 272 g/mol. The topological polar surface area (TPSA) is 102 Å². The summed E-state index contributed by atoms with van der Waals surface area (Å²) in [7, 11) is -2.46. The first-order valence-corrected chi connectivity index (χ1v) is 6.75. The summed E-state index contributed by atoms with van der Waals surface area (Å²) in [5.41, 5.74) is 0.434. The molecule has 0 radical (unpaired) electrons. The van der Waals surface area contributed by atoms with Crippen LogP contribution in [0.1, 0.15) is 6.92 Å². The van der Waals surface area contributed by atoms with E-state index in [1.54, 1.807) is 0 Å². The van der Waals surface area contributed by atoms with Crippen LogP contribution in [0.15, 0.2) is 29.2 Å². The smallest absolute Gasteiger partial charge is 0.264 e. The van der Waals surface area contributed by atoms with Gasteiger partial charge in [-0.25, -0.2) is 13.1 Å². The minimum absolute atomic E-state index is 0.0626. The van der Waals surface area contributed by atoms with Gasteiger partial charge in [0.05, 0.1) is 4.90 Å². The van der Waals surface area contributed by atoms with Gasteiger partial charge in [-0.3, -0.25) is 9.59 Å². The van der Waals surface area contributed by atoms with Crippen LogP contribution in [0.25, 0.3) is 0 Å². The maximum absolute atomic E-state index is 11.6. The fourth-order valence-electron chi connectivity index (χ4n) is 1.29. The minimum atomic E-state index is -3.85. The van der Waals surface area contributed by atoms with E-state index in [0.29, 0.717) is 5.69 Å². The van der Waals surface area contributed by atoms with E-state index in [0.717, 1.165) is 6.92 Å². The van der Waals surface area contributed by atoms with Crippen LogP contribution in [-0.4, -0.2) is 33.9 Å². The monoisotopic (exact) mass is 286 g/mol. The first-order valence-electron chi connectivity index (χ1n) is 5.27. The quantitative estimate of drug-likeness (QED) is 0.799. The van der Waals surface area contributed by atoms with Gasteiger partial charge in [-0.2, -0.15) is 0 Å². The van der Waals surface area contributed by atoms with Gasteiger partial charge in [-0.15, -0.1) is 0 Å². The molecule has 7 nitrogen and oxygen atoms in total. The van der Waals surface area contributed by atoms with Crippen molar-refractivity contribution < 1.29 is 22.7 Å². The van der Waals surface area contributed by atoms with Gasteiger partial charge in [0.25, 0.3) is 10.0 Å². The fourth-order valence-corrected chi connectivity index (χ4v) is 2.28. The maximum atomic E-state index is 11.6. The number of ether oxygens (including phenoxy) is 1. The number of anilines is 1. The van der Waals surface area contributed by atoms with E-state index in [9.17, 15) is 18.0 Å². The van der Waals surface area contributed by atoms with Crippen LogP contribution < -0.4 is 10.0 Å². The molecule has 1 rings (SSSR count). The summed E-state index contributed by atoms with van der Waals surface area (Å²) in [6.07, 6.45) is 0. The lowest BCUT2D eigenvalue weighted by atomic mass is 10.3. The van der Waals surface area contributed by atoms with Crippen LogP contribution in [0.4, 0.5) is 5.69 Å². The van der Waals surface area contributed by atoms with Crippen LogP contribution in [0, 0.1) is 0 Å². The fraction of sp³-hybridized carbons (Fsp3) is 0.273. The third-order valence-electron chi connectivity index (χ3n) is 2.00. The Hall–Kier alpha value is -1.93. The second kappa shape index (κ2) is 6.30. The Morgan fingerprint density at radius 1 is 1.21 bits per heavy atom. The van der Waals surface area contributed by atoms with E-state index in [2.05, 4.69) is 10.1 Å². The number of benzene rings is 1. The van der Waals surface area contributed by atoms with Crippen LogP contribution in [0.2, 0.25) is 0 Å². The first-order chi connectivity index (χ1) is 8.85. The number of hydrogen-bond donors (Lipinski definition) is 2. The average Bonchev–Trinajstić information content (AvgIpc) is 2.28. The van der Waals surface area contributed by atoms with E-state index in [1.165, 1.54) is 31.4 Å². The van der Waals surface area contributed by atoms with Crippen molar-refractivity contribution in [2.75, 3.05) is 19.0 Å². The predicted molar refractivity (Wildman–Crippen MR) is 68.0 cm³/mol. The number of amides is 2. The van der Waals surface area contributed by atoms with Crippen molar-refractivity contribution in [2.24, 2.45) is 0 Å². The summed E-state index contributed by atoms with van der Waals surface area (Å²) in [4.78, 5) is 21.9. The van der Waals surface area contributed by atoms with E-state index in [4.69, 9.17) is 0 Å². The van der Waals surface area contributed by atoms with Gasteiger partial charge in [0, 0.05) is 19.7 Å². The Bertz CT molecular complexity index is 565. The number of hydrogen-bond acceptors (Lipinski definition) is 5. The number of carbonyl (C=O) groups excluding carboxylic acids is 2. The molecule has 1 aromatic carbocycles. The molecule has 0 fully saturated rings. The highest BCUT2D eigenvalue weighted by atomic mass is 32.2. The zero-order chi connectivity index (χ0) is 14.5. The summed E-state index contributed by atoms with van der Waals surface area (Å²) >= 11 is 0. The molecule has 1 aromatic rings. The number of carbonyl (C=O) groups is 2. The van der Waals surface area contributed by atoms with Crippen molar-refractivity contribution in [3.8, 4) is 0 Å². The molecule has 2 N–H and O–H groups in total. The largest absolute Gasteiger partial charge is 0.375 e. The third kappa shape index (κ3) is 4.68. The lowest BCUT2D eigenvalue weighted by Gasteiger charge is -2.07. The molecule has 0 heterocycles. The van der Waals surface area contributed by atoms with E-state index >= 15 is 0 Å². The van der Waals surface area contributed by atoms with Crippen molar-refractivity contribution >= 4 is 27.5 Å². The number of rotatable bonds is 5. The second-order valence-corrected chi connectivity index (χ2v) is 5.35. The van der Waals surface area contributed by atoms with Crippen LogP contribution in [0.5, 0.6) is 0 Å². The Morgan fingerprint density at radius 2 is 1.79 bits per heavy atom. The first kappa shape index (κ1) is 15.1. The van der Waals surface area contributed by atoms with Crippen LogP contribution in [-0.2, 0) is 24.3 Å². The molecule has 0 saturated carbocycles. The molecule has 0 atom stereocenters. The Labute approximate surface area is 111 Å². The SMILES string of the molecule is COCC(=O)Nc1ccc(S(=O)(=O)NC(C)=O)cc1. The van der Waals surface area contributed by atoms with Crippen molar-refractivity contribution in [3.05, 3.63) is 24.3 Å². The molecular formula is C11H14N2O5S. The number of nitrogens with one attached hydrogen (secondary N) is 2. The van der Waals surface area contributed by atoms with Crippen molar-refractivity contribution in [1.29, 1.82) is 0 Å². The number of methoxy groups -OCH3 is 1. The zero-order valence-corrected chi connectivity index (χ0v) is 11.3. The predicted octanol–water partition coefficient (Wildman–Crippen LogP) is 0.0963. The molecule has 0 spiro atoms. The average molecular weight is 286 g/mol. The van der Waals surface area contributed by atoms with Crippen molar-refractivity contribution in [3.63, 3.8) is 0 Å². The van der Waals surface area contributed by atoms with Gasteiger partial charge in [0.2, 0.25) is 11.8 Å². The molecule has 0 saturated heterocycles. The molecule has 0 aliphatic rings. The molecule has 8 heteroatoms. The Balaban J connectivity index is 2.82. The normalized spacial score (nSPS) is 10.8. The number of sulfonamides is 1. The second-order valence-electron chi connectivity index (χ2n) is 3.67. The van der Waals surface area contributed by atoms with Crippen molar-refractivity contribution in [1.82, 2.24) is 4.72 Å². The van der Waals surface area contributed by atoms with Crippen molar-refractivity contribution in [2.45, 2.75) is 11.8 Å². The summed E-state index contributed by atoms with van der Waals surface area (Å²) in [6.45, 7) is 1.02. The standard InChI is InChI=1S/C11H14N2O5S/c1-8(14)13-19(16,17)10-5-3-9(4-6-10)12-11(15)7-18-2/h3-6H,7H2,1-2H3,(H,12,15)(H,13,14). The van der Waals surface area contributed by atoms with Gasteiger partial charge in [0.1, 0.15) is 6.61 Å². The third-order valence-corrected chi connectivity index (χ3v) is 3.45. The summed E-state index contributed by atoms with van der Waals surface area (Å²) in [5.74, 6) is -1.02. The molecule has 0 aromatic heterocycles. The molecule has 0 aliphatic carbocycles. The van der Waals surface area contributed by atoms with Gasteiger partial charge in [-0.05, 0) is 24.3 Å². The molecule has 2 amide bonds. The zero-order valence-electron chi connectivity index (χ0n) is 10.5. The summed E-state index contributed by atoms with van der Waals surface area (Å²) in [6, 6.07) is 5.41. The lowest BCUT2D eigenvalue weighted by Crippen LogP contribution is -2.28. The Kier molecular flexibility index (Phi) is 5.02. The molecule has 0 bridgehead atoms. The Morgan fingerprint density at radius 3 is 2.26 bits per heavy atom.